The molecule has 1 saturated heterocycles. The van der Waals surface area contributed by atoms with Crippen LogP contribution in [0.4, 0.5) is 10.1 Å². The minimum atomic E-state index is -0.503. The molecule has 0 unspecified atom stereocenters. The molecule has 0 aromatic heterocycles. The maximum Gasteiger partial charge on any atom is 0.146 e. The van der Waals surface area contributed by atoms with Crippen molar-refractivity contribution in [3.63, 3.8) is 0 Å². The molecular formula is C20H26FN2O2+. The van der Waals surface area contributed by atoms with Crippen molar-refractivity contribution < 1.29 is 19.1 Å². The molecule has 0 spiro atoms. The Hall–Kier alpha value is -2.11. The summed E-state index contributed by atoms with van der Waals surface area (Å²) in [5, 5.41) is 10.2. The van der Waals surface area contributed by atoms with Gasteiger partial charge in [-0.2, -0.15) is 0 Å². The lowest BCUT2D eigenvalue weighted by Gasteiger charge is -2.34. The Kier molecular flexibility index (Phi) is 5.89. The van der Waals surface area contributed by atoms with Gasteiger partial charge < -0.3 is 19.6 Å². The van der Waals surface area contributed by atoms with E-state index < -0.39 is 6.10 Å². The summed E-state index contributed by atoms with van der Waals surface area (Å²) in [7, 11) is 0. The molecule has 4 nitrogen and oxygen atoms in total. The number of aliphatic hydroxyl groups is 1. The fourth-order valence-electron chi connectivity index (χ4n) is 3.20. The highest BCUT2D eigenvalue weighted by atomic mass is 19.1. The first-order valence-electron chi connectivity index (χ1n) is 8.82. The first kappa shape index (κ1) is 17.7. The summed E-state index contributed by atoms with van der Waals surface area (Å²) < 4.78 is 19.5. The zero-order valence-corrected chi connectivity index (χ0v) is 14.6. The van der Waals surface area contributed by atoms with Crippen LogP contribution in [0.5, 0.6) is 5.75 Å². The molecule has 2 aromatic carbocycles. The summed E-state index contributed by atoms with van der Waals surface area (Å²) in [4.78, 5) is 3.40. The predicted molar refractivity (Wildman–Crippen MR) is 96.9 cm³/mol. The minimum absolute atomic E-state index is 0.169. The number of aryl methyl sites for hydroxylation is 1. The number of halogens is 1. The molecular weight excluding hydrogens is 319 g/mol. The zero-order chi connectivity index (χ0) is 17.6. The van der Waals surface area contributed by atoms with Crippen LogP contribution in [-0.2, 0) is 0 Å². The molecule has 3 rings (SSSR count). The lowest BCUT2D eigenvalue weighted by Crippen LogP contribution is -3.16. The number of aliphatic hydroxyl groups excluding tert-OH is 1. The standard InChI is InChI=1S/C20H25FN2O2/c1-16-6-8-18(9-7-16)25-15-17(24)14-22-10-12-23(13-11-22)20-5-3-2-4-19(20)21/h2-9,17,24H,10-15H2,1H3/p+1/t17-/m1/s1. The molecule has 1 fully saturated rings. The first-order chi connectivity index (χ1) is 12.1. The monoisotopic (exact) mass is 345 g/mol. The summed E-state index contributed by atoms with van der Waals surface area (Å²) in [5.41, 5.74) is 1.86. The van der Waals surface area contributed by atoms with Crippen LogP contribution in [0.3, 0.4) is 0 Å². The second-order valence-electron chi connectivity index (χ2n) is 6.67. The van der Waals surface area contributed by atoms with Gasteiger partial charge in [-0.15, -0.1) is 0 Å². The van der Waals surface area contributed by atoms with Crippen molar-refractivity contribution in [2.45, 2.75) is 13.0 Å². The summed E-state index contributed by atoms with van der Waals surface area (Å²) in [6, 6.07) is 14.7. The molecule has 134 valence electrons. The van der Waals surface area contributed by atoms with Gasteiger partial charge in [-0.25, -0.2) is 4.39 Å². The van der Waals surface area contributed by atoms with Crippen molar-refractivity contribution in [1.29, 1.82) is 0 Å². The molecule has 2 aromatic rings. The average Bonchev–Trinajstić information content (AvgIpc) is 2.62. The third kappa shape index (κ3) is 4.94. The molecule has 2 N–H and O–H groups in total. The number of rotatable bonds is 6. The lowest BCUT2D eigenvalue weighted by molar-refractivity contribution is -0.903. The largest absolute Gasteiger partial charge is 0.491 e. The van der Waals surface area contributed by atoms with E-state index in [2.05, 4.69) is 4.90 Å². The van der Waals surface area contributed by atoms with E-state index in [1.165, 1.54) is 16.5 Å². The van der Waals surface area contributed by atoms with Gasteiger partial charge >= 0.3 is 0 Å². The van der Waals surface area contributed by atoms with Gasteiger partial charge in [-0.3, -0.25) is 0 Å². The van der Waals surface area contributed by atoms with E-state index in [1.54, 1.807) is 6.07 Å². The zero-order valence-electron chi connectivity index (χ0n) is 14.6. The predicted octanol–water partition coefficient (Wildman–Crippen LogP) is 1.28. The number of piperazine rings is 1. The van der Waals surface area contributed by atoms with Crippen LogP contribution in [-0.4, -0.2) is 50.5 Å². The van der Waals surface area contributed by atoms with Crippen molar-refractivity contribution >= 4 is 5.69 Å². The Morgan fingerprint density at radius 2 is 1.80 bits per heavy atom. The fraction of sp³-hybridized carbons (Fsp3) is 0.400. The van der Waals surface area contributed by atoms with E-state index in [0.717, 1.165) is 31.9 Å². The molecule has 1 atom stereocenters. The molecule has 1 aliphatic rings. The van der Waals surface area contributed by atoms with E-state index in [-0.39, 0.29) is 5.82 Å². The van der Waals surface area contributed by atoms with Crippen molar-refractivity contribution in [3.8, 4) is 5.75 Å². The highest BCUT2D eigenvalue weighted by molar-refractivity contribution is 5.47. The number of para-hydroxylation sites is 1. The highest BCUT2D eigenvalue weighted by Gasteiger charge is 2.24. The highest BCUT2D eigenvalue weighted by Crippen LogP contribution is 2.18. The number of quaternary nitrogens is 1. The van der Waals surface area contributed by atoms with E-state index in [4.69, 9.17) is 4.74 Å². The molecule has 5 heteroatoms. The van der Waals surface area contributed by atoms with Gasteiger partial charge in [0.1, 0.15) is 30.8 Å². The second-order valence-corrected chi connectivity index (χ2v) is 6.67. The number of anilines is 1. The quantitative estimate of drug-likeness (QED) is 0.828. The van der Waals surface area contributed by atoms with Gasteiger partial charge in [0.2, 0.25) is 0 Å². The van der Waals surface area contributed by atoms with E-state index in [0.29, 0.717) is 18.8 Å². The second kappa shape index (κ2) is 8.32. The summed E-state index contributed by atoms with van der Waals surface area (Å²) >= 11 is 0. The number of nitrogens with one attached hydrogen (secondary N) is 1. The number of benzene rings is 2. The van der Waals surface area contributed by atoms with E-state index in [1.807, 2.05) is 43.3 Å². The van der Waals surface area contributed by atoms with Crippen LogP contribution >= 0.6 is 0 Å². The molecule has 1 aliphatic heterocycles. The number of hydrogen-bond acceptors (Lipinski definition) is 3. The lowest BCUT2D eigenvalue weighted by atomic mass is 10.2. The SMILES string of the molecule is Cc1ccc(OC[C@H](O)C[NH+]2CCN(c3ccccc3F)CC2)cc1. The molecule has 0 radical (unpaired) electrons. The van der Waals surface area contributed by atoms with Crippen molar-refractivity contribution in [1.82, 2.24) is 0 Å². The van der Waals surface area contributed by atoms with Crippen LogP contribution in [0.2, 0.25) is 0 Å². The third-order valence-electron chi connectivity index (χ3n) is 4.65. The number of hydrogen-bond donors (Lipinski definition) is 2. The Morgan fingerprint density at radius 3 is 2.48 bits per heavy atom. The molecule has 0 amide bonds. The smallest absolute Gasteiger partial charge is 0.146 e. The van der Waals surface area contributed by atoms with Crippen LogP contribution in [0.1, 0.15) is 5.56 Å². The third-order valence-corrected chi connectivity index (χ3v) is 4.65. The summed E-state index contributed by atoms with van der Waals surface area (Å²) in [5.74, 6) is 0.613. The molecule has 0 aliphatic carbocycles. The van der Waals surface area contributed by atoms with Gasteiger partial charge in [-0.05, 0) is 31.2 Å². The van der Waals surface area contributed by atoms with Crippen LogP contribution in [0.25, 0.3) is 0 Å². The molecule has 0 saturated carbocycles. The molecule has 1 heterocycles. The normalized spacial score (nSPS) is 16.7. The summed E-state index contributed by atoms with van der Waals surface area (Å²) in [6.45, 7) is 6.33. The average molecular weight is 345 g/mol. The fourth-order valence-corrected chi connectivity index (χ4v) is 3.20. The van der Waals surface area contributed by atoms with Gasteiger partial charge in [0.25, 0.3) is 0 Å². The van der Waals surface area contributed by atoms with Gasteiger partial charge in [0.05, 0.1) is 31.9 Å². The van der Waals surface area contributed by atoms with Crippen molar-refractivity contribution in [2.75, 3.05) is 44.2 Å². The summed E-state index contributed by atoms with van der Waals surface area (Å²) in [6.07, 6.45) is -0.503. The number of nitrogens with zero attached hydrogens (tertiary/aromatic N) is 1. The van der Waals surface area contributed by atoms with Crippen molar-refractivity contribution in [3.05, 3.63) is 59.9 Å². The van der Waals surface area contributed by atoms with Gasteiger partial charge in [-0.1, -0.05) is 29.8 Å². The maximum absolute atomic E-state index is 13.9. The first-order valence-corrected chi connectivity index (χ1v) is 8.82. The molecule has 25 heavy (non-hydrogen) atoms. The van der Waals surface area contributed by atoms with E-state index in [9.17, 15) is 9.50 Å². The van der Waals surface area contributed by atoms with Crippen LogP contribution < -0.4 is 14.5 Å². The van der Waals surface area contributed by atoms with Crippen LogP contribution in [0, 0.1) is 12.7 Å². The minimum Gasteiger partial charge on any atom is -0.491 e. The van der Waals surface area contributed by atoms with Crippen LogP contribution in [0.15, 0.2) is 48.5 Å². The Labute approximate surface area is 148 Å². The Balaban J connectivity index is 1.42. The maximum atomic E-state index is 13.9. The Morgan fingerprint density at radius 1 is 1.12 bits per heavy atom. The van der Waals surface area contributed by atoms with Crippen molar-refractivity contribution in [2.24, 2.45) is 0 Å². The number of ether oxygens (including phenoxy) is 1. The Bertz CT molecular complexity index is 670. The van der Waals surface area contributed by atoms with E-state index >= 15 is 0 Å². The van der Waals surface area contributed by atoms with Gasteiger partial charge in [0, 0.05) is 0 Å². The molecule has 0 bridgehead atoms. The topological polar surface area (TPSA) is 37.1 Å². The van der Waals surface area contributed by atoms with Gasteiger partial charge in [0.15, 0.2) is 0 Å².